The molecule has 5 heteroatoms. The molecule has 2 rings (SSSR count). The van der Waals surface area contributed by atoms with Crippen LogP contribution in [-0.2, 0) is 0 Å². The molecule has 0 saturated heterocycles. The Balaban J connectivity index is 2.32. The fourth-order valence-electron chi connectivity index (χ4n) is 1.67. The number of nitrogens with zero attached hydrogens (tertiary/aromatic N) is 1. The van der Waals surface area contributed by atoms with Gasteiger partial charge in [-0.3, -0.25) is 14.9 Å². The van der Waals surface area contributed by atoms with Crippen LogP contribution in [0.5, 0.6) is 5.75 Å². The van der Waals surface area contributed by atoms with Crippen molar-refractivity contribution in [1.29, 1.82) is 0 Å². The van der Waals surface area contributed by atoms with Gasteiger partial charge in [-0.1, -0.05) is 12.1 Å². The van der Waals surface area contributed by atoms with Gasteiger partial charge >= 0.3 is 0 Å². The van der Waals surface area contributed by atoms with Gasteiger partial charge in [0, 0.05) is 23.3 Å². The molecule has 0 bridgehead atoms. The van der Waals surface area contributed by atoms with Crippen LogP contribution >= 0.6 is 0 Å². The predicted molar refractivity (Wildman–Crippen MR) is 69.5 cm³/mol. The van der Waals surface area contributed by atoms with E-state index in [0.29, 0.717) is 16.9 Å². The maximum atomic E-state index is 12.2. The Morgan fingerprint density at radius 1 is 1.11 bits per heavy atom. The van der Waals surface area contributed by atoms with E-state index in [1.54, 1.807) is 30.3 Å². The quantitative estimate of drug-likeness (QED) is 0.479. The number of ketones is 1. The lowest BCUT2D eigenvalue weighted by molar-refractivity contribution is -0.384. The highest BCUT2D eigenvalue weighted by Gasteiger charge is 2.13. The number of ether oxygens (including phenoxy) is 1. The summed E-state index contributed by atoms with van der Waals surface area (Å²) in [6, 6.07) is 12.3. The number of carbonyl (C=O) groups excluding carboxylic acids is 1. The molecule has 2 aromatic carbocycles. The number of hydrogen-bond donors (Lipinski definition) is 0. The molecule has 2 aromatic rings. The van der Waals surface area contributed by atoms with Crippen molar-refractivity contribution in [3.05, 3.63) is 69.8 Å². The lowest BCUT2D eigenvalue weighted by Crippen LogP contribution is -2.02. The summed E-state index contributed by atoms with van der Waals surface area (Å²) in [5, 5.41) is 10.7. The van der Waals surface area contributed by atoms with Crippen LogP contribution in [0.1, 0.15) is 15.9 Å². The van der Waals surface area contributed by atoms with E-state index in [4.69, 9.17) is 4.74 Å². The summed E-state index contributed by atoms with van der Waals surface area (Å²) in [6.07, 6.45) is 0. The molecular formula is C14H11NO4. The Morgan fingerprint density at radius 2 is 1.79 bits per heavy atom. The van der Waals surface area contributed by atoms with Gasteiger partial charge in [0.25, 0.3) is 5.69 Å². The monoisotopic (exact) mass is 257 g/mol. The van der Waals surface area contributed by atoms with Crippen molar-refractivity contribution in [1.82, 2.24) is 0 Å². The highest BCUT2D eigenvalue weighted by Crippen LogP contribution is 2.18. The molecule has 0 saturated carbocycles. The molecule has 0 N–H and O–H groups in total. The van der Waals surface area contributed by atoms with Crippen molar-refractivity contribution in [2.24, 2.45) is 0 Å². The molecular weight excluding hydrogens is 246 g/mol. The van der Waals surface area contributed by atoms with E-state index in [9.17, 15) is 14.9 Å². The number of methoxy groups -OCH3 is 1. The molecule has 0 aliphatic heterocycles. The Bertz CT molecular complexity index is 620. The van der Waals surface area contributed by atoms with Crippen LogP contribution in [0.25, 0.3) is 0 Å². The number of benzene rings is 2. The molecule has 5 nitrogen and oxygen atoms in total. The summed E-state index contributed by atoms with van der Waals surface area (Å²) in [4.78, 5) is 22.3. The summed E-state index contributed by atoms with van der Waals surface area (Å²) in [6.45, 7) is 0. The molecule has 0 atom stereocenters. The third-order valence-corrected chi connectivity index (χ3v) is 2.67. The molecule has 0 heterocycles. The summed E-state index contributed by atoms with van der Waals surface area (Å²) in [7, 11) is 1.54. The fourth-order valence-corrected chi connectivity index (χ4v) is 1.67. The van der Waals surface area contributed by atoms with Gasteiger partial charge in [0.2, 0.25) is 0 Å². The molecule has 0 aromatic heterocycles. The van der Waals surface area contributed by atoms with Crippen LogP contribution in [0.15, 0.2) is 48.5 Å². The Morgan fingerprint density at radius 3 is 2.37 bits per heavy atom. The molecule has 0 amide bonds. The Labute approximate surface area is 109 Å². The van der Waals surface area contributed by atoms with Gasteiger partial charge in [0.1, 0.15) is 5.75 Å². The number of hydrogen-bond acceptors (Lipinski definition) is 4. The largest absolute Gasteiger partial charge is 0.497 e. The van der Waals surface area contributed by atoms with Gasteiger partial charge in [-0.25, -0.2) is 0 Å². The number of nitro benzene ring substituents is 1. The topological polar surface area (TPSA) is 69.4 Å². The molecule has 0 aliphatic carbocycles. The van der Waals surface area contributed by atoms with Crippen molar-refractivity contribution >= 4 is 11.5 Å². The van der Waals surface area contributed by atoms with Gasteiger partial charge < -0.3 is 4.74 Å². The minimum Gasteiger partial charge on any atom is -0.497 e. The van der Waals surface area contributed by atoms with Crippen molar-refractivity contribution < 1.29 is 14.5 Å². The number of nitro groups is 1. The van der Waals surface area contributed by atoms with Crippen molar-refractivity contribution in [2.45, 2.75) is 0 Å². The lowest BCUT2D eigenvalue weighted by Gasteiger charge is -2.03. The van der Waals surface area contributed by atoms with E-state index in [1.165, 1.54) is 25.3 Å². The highest BCUT2D eigenvalue weighted by molar-refractivity contribution is 6.09. The van der Waals surface area contributed by atoms with Crippen LogP contribution in [0.3, 0.4) is 0 Å². The molecule has 19 heavy (non-hydrogen) atoms. The molecule has 96 valence electrons. The summed E-state index contributed by atoms with van der Waals surface area (Å²) < 4.78 is 5.00. The minimum absolute atomic E-state index is 0.0978. The second-order valence-corrected chi connectivity index (χ2v) is 3.87. The molecule has 0 spiro atoms. The molecule has 0 fully saturated rings. The zero-order valence-electron chi connectivity index (χ0n) is 10.2. The van der Waals surface area contributed by atoms with Gasteiger partial charge in [-0.05, 0) is 24.3 Å². The fraction of sp³-hybridized carbons (Fsp3) is 0.0714. The van der Waals surface area contributed by atoms with E-state index >= 15 is 0 Å². The smallest absolute Gasteiger partial charge is 0.270 e. The first kappa shape index (κ1) is 12.8. The number of carbonyl (C=O) groups is 1. The standard InChI is InChI=1S/C14H11NO4/c1-19-13-7-5-10(6-8-13)14(16)11-3-2-4-12(9-11)15(17)18/h2-9H,1H3. The van der Waals surface area contributed by atoms with Gasteiger partial charge in [0.05, 0.1) is 12.0 Å². The van der Waals surface area contributed by atoms with Crippen molar-refractivity contribution in [3.8, 4) is 5.75 Å². The second-order valence-electron chi connectivity index (χ2n) is 3.87. The third-order valence-electron chi connectivity index (χ3n) is 2.67. The first-order valence-corrected chi connectivity index (χ1v) is 5.55. The van der Waals surface area contributed by atoms with Crippen LogP contribution in [0, 0.1) is 10.1 Å². The van der Waals surface area contributed by atoms with Crippen LogP contribution in [0.4, 0.5) is 5.69 Å². The zero-order chi connectivity index (χ0) is 13.8. The Kier molecular flexibility index (Phi) is 3.56. The van der Waals surface area contributed by atoms with Gasteiger partial charge in [-0.15, -0.1) is 0 Å². The maximum Gasteiger partial charge on any atom is 0.270 e. The normalized spacial score (nSPS) is 9.95. The second kappa shape index (κ2) is 5.30. The average molecular weight is 257 g/mol. The van der Waals surface area contributed by atoms with E-state index in [2.05, 4.69) is 0 Å². The minimum atomic E-state index is -0.523. The third kappa shape index (κ3) is 2.77. The first-order valence-electron chi connectivity index (χ1n) is 5.55. The van der Waals surface area contributed by atoms with Crippen LogP contribution in [-0.4, -0.2) is 17.8 Å². The van der Waals surface area contributed by atoms with E-state index < -0.39 is 4.92 Å². The van der Waals surface area contributed by atoms with Gasteiger partial charge in [-0.2, -0.15) is 0 Å². The molecule has 0 aliphatic rings. The van der Waals surface area contributed by atoms with E-state index in [-0.39, 0.29) is 11.5 Å². The summed E-state index contributed by atoms with van der Waals surface area (Å²) in [5.41, 5.74) is 0.653. The summed E-state index contributed by atoms with van der Waals surface area (Å²) in [5.74, 6) is 0.391. The van der Waals surface area contributed by atoms with Crippen molar-refractivity contribution in [2.75, 3.05) is 7.11 Å². The average Bonchev–Trinajstić information content (AvgIpc) is 2.46. The van der Waals surface area contributed by atoms with E-state index in [1.807, 2.05) is 0 Å². The van der Waals surface area contributed by atoms with Crippen LogP contribution < -0.4 is 4.74 Å². The predicted octanol–water partition coefficient (Wildman–Crippen LogP) is 2.83. The zero-order valence-corrected chi connectivity index (χ0v) is 10.2. The van der Waals surface area contributed by atoms with Crippen LogP contribution in [0.2, 0.25) is 0 Å². The molecule has 0 radical (unpaired) electrons. The highest BCUT2D eigenvalue weighted by atomic mass is 16.6. The SMILES string of the molecule is COc1ccc(C(=O)c2cccc([N+](=O)[O-])c2)cc1. The lowest BCUT2D eigenvalue weighted by atomic mass is 10.0. The maximum absolute atomic E-state index is 12.2. The van der Waals surface area contributed by atoms with Gasteiger partial charge in [0.15, 0.2) is 5.78 Å². The number of non-ortho nitro benzene ring substituents is 1. The Hall–Kier alpha value is -2.69. The van der Waals surface area contributed by atoms with Crippen molar-refractivity contribution in [3.63, 3.8) is 0 Å². The first-order chi connectivity index (χ1) is 9.11. The summed E-state index contributed by atoms with van der Waals surface area (Å²) >= 11 is 0. The number of rotatable bonds is 4. The van der Waals surface area contributed by atoms with E-state index in [0.717, 1.165) is 0 Å². The molecule has 0 unspecified atom stereocenters.